The number of aromatic nitrogens is 2. The van der Waals surface area contributed by atoms with Crippen LogP contribution >= 0.6 is 0 Å². The van der Waals surface area contributed by atoms with Crippen LogP contribution in [0.15, 0.2) is 4.42 Å². The molecule has 1 N–H and O–H groups in total. The fourth-order valence-electron chi connectivity index (χ4n) is 1.44. The third kappa shape index (κ3) is 3.40. The van der Waals surface area contributed by atoms with Gasteiger partial charge in [-0.05, 0) is 25.8 Å². The number of alkyl halides is 5. The Morgan fingerprint density at radius 3 is 2.42 bits per heavy atom. The maximum absolute atomic E-state index is 12.8. The molecule has 0 aromatic carbocycles. The molecule has 19 heavy (non-hydrogen) atoms. The van der Waals surface area contributed by atoms with Crippen LogP contribution in [-0.4, -0.2) is 29.0 Å². The van der Waals surface area contributed by atoms with E-state index in [0.717, 1.165) is 12.8 Å². The van der Waals surface area contributed by atoms with Crippen LogP contribution in [0.4, 0.5) is 22.0 Å². The highest BCUT2D eigenvalue weighted by Crippen LogP contribution is 2.43. The molecule has 0 spiro atoms. The van der Waals surface area contributed by atoms with Crippen LogP contribution in [0.3, 0.4) is 0 Å². The van der Waals surface area contributed by atoms with Gasteiger partial charge in [0, 0.05) is 12.5 Å². The fourth-order valence-corrected chi connectivity index (χ4v) is 1.44. The Bertz CT molecular complexity index is 427. The van der Waals surface area contributed by atoms with Crippen molar-refractivity contribution >= 4 is 0 Å². The number of hydrogen-bond donors (Lipinski definition) is 1. The predicted molar refractivity (Wildman–Crippen MR) is 53.6 cm³/mol. The standard InChI is InChI=1S/C10H12F5N3O/c11-9(12,10(13,14)15)8-18-17-7(19-8)2-1-5-16-6-3-4-6/h6,16H,1-5H2. The lowest BCUT2D eigenvalue weighted by Crippen LogP contribution is -2.34. The van der Waals surface area contributed by atoms with Gasteiger partial charge in [0.15, 0.2) is 0 Å². The number of hydrogen-bond acceptors (Lipinski definition) is 4. The summed E-state index contributed by atoms with van der Waals surface area (Å²) in [5.41, 5.74) is 0. The molecule has 2 rings (SSSR count). The highest BCUT2D eigenvalue weighted by molar-refractivity contribution is 4.96. The molecule has 1 saturated carbocycles. The van der Waals surface area contributed by atoms with Crippen molar-refractivity contribution in [1.29, 1.82) is 0 Å². The van der Waals surface area contributed by atoms with Crippen molar-refractivity contribution in [2.45, 2.75) is 43.8 Å². The Labute approximate surface area is 105 Å². The lowest BCUT2D eigenvalue weighted by molar-refractivity contribution is -0.297. The monoisotopic (exact) mass is 285 g/mol. The average Bonchev–Trinajstić information content (AvgIpc) is 2.99. The van der Waals surface area contributed by atoms with Gasteiger partial charge >= 0.3 is 12.1 Å². The first-order valence-corrected chi connectivity index (χ1v) is 5.81. The Morgan fingerprint density at radius 2 is 1.84 bits per heavy atom. The van der Waals surface area contributed by atoms with E-state index in [-0.39, 0.29) is 12.3 Å². The van der Waals surface area contributed by atoms with E-state index in [1.165, 1.54) is 0 Å². The van der Waals surface area contributed by atoms with Crippen LogP contribution in [0.5, 0.6) is 0 Å². The number of nitrogens with zero attached hydrogens (tertiary/aromatic N) is 2. The van der Waals surface area contributed by atoms with E-state index in [0.29, 0.717) is 19.0 Å². The Kier molecular flexibility index (Phi) is 3.75. The molecule has 0 aliphatic heterocycles. The van der Waals surface area contributed by atoms with Crippen LogP contribution in [0, 0.1) is 0 Å². The second-order valence-electron chi connectivity index (χ2n) is 4.41. The van der Waals surface area contributed by atoms with Crippen molar-refractivity contribution in [1.82, 2.24) is 15.5 Å². The van der Waals surface area contributed by atoms with Crippen molar-refractivity contribution in [3.8, 4) is 0 Å². The minimum atomic E-state index is -5.73. The van der Waals surface area contributed by atoms with Gasteiger partial charge in [0.05, 0.1) is 0 Å². The second-order valence-corrected chi connectivity index (χ2v) is 4.41. The normalized spacial score (nSPS) is 16.9. The molecule has 108 valence electrons. The van der Waals surface area contributed by atoms with E-state index in [9.17, 15) is 22.0 Å². The molecule has 0 bridgehead atoms. The van der Waals surface area contributed by atoms with Crippen molar-refractivity contribution in [3.05, 3.63) is 11.8 Å². The van der Waals surface area contributed by atoms with Gasteiger partial charge < -0.3 is 9.73 Å². The molecule has 0 atom stereocenters. The summed E-state index contributed by atoms with van der Waals surface area (Å²) in [7, 11) is 0. The summed E-state index contributed by atoms with van der Waals surface area (Å²) in [5.74, 6) is -7.02. The van der Waals surface area contributed by atoms with E-state index in [1.54, 1.807) is 0 Å². The molecule has 0 radical (unpaired) electrons. The second kappa shape index (κ2) is 5.03. The predicted octanol–water partition coefficient (Wildman–Crippen LogP) is 2.41. The lowest BCUT2D eigenvalue weighted by atomic mass is 10.3. The summed E-state index contributed by atoms with van der Waals surface area (Å²) in [6.45, 7) is 0.637. The third-order valence-corrected chi connectivity index (χ3v) is 2.67. The molecule has 1 heterocycles. The van der Waals surface area contributed by atoms with Gasteiger partial charge in [-0.25, -0.2) is 0 Å². The summed E-state index contributed by atoms with van der Waals surface area (Å²) in [4.78, 5) is 0. The fraction of sp³-hybridized carbons (Fsp3) is 0.800. The molecule has 0 amide bonds. The Hall–Kier alpha value is -1.25. The van der Waals surface area contributed by atoms with Crippen LogP contribution < -0.4 is 5.32 Å². The molecular formula is C10H12F5N3O. The summed E-state index contributed by atoms with van der Waals surface area (Å²) >= 11 is 0. The summed E-state index contributed by atoms with van der Waals surface area (Å²) in [5, 5.41) is 9.15. The Balaban J connectivity index is 1.87. The number of rotatable bonds is 6. The largest absolute Gasteiger partial charge is 0.463 e. The van der Waals surface area contributed by atoms with E-state index < -0.39 is 18.0 Å². The van der Waals surface area contributed by atoms with Crippen molar-refractivity contribution in [3.63, 3.8) is 0 Å². The molecule has 1 aromatic heterocycles. The molecule has 0 unspecified atom stereocenters. The SMILES string of the molecule is FC(F)(F)C(F)(F)c1nnc(CCCNC2CC2)o1. The molecule has 9 heteroatoms. The van der Waals surface area contributed by atoms with Gasteiger partial charge in [0.25, 0.3) is 5.89 Å². The van der Waals surface area contributed by atoms with E-state index in [2.05, 4.69) is 19.9 Å². The van der Waals surface area contributed by atoms with E-state index >= 15 is 0 Å². The number of aryl methyl sites for hydroxylation is 1. The minimum Gasteiger partial charge on any atom is -0.419 e. The first kappa shape index (κ1) is 14.2. The van der Waals surface area contributed by atoms with Crippen molar-refractivity contribution in [2.24, 2.45) is 0 Å². The minimum absolute atomic E-state index is 0.167. The lowest BCUT2D eigenvalue weighted by Gasteiger charge is -2.14. The smallest absolute Gasteiger partial charge is 0.419 e. The summed E-state index contributed by atoms with van der Waals surface area (Å²) in [6.07, 6.45) is -2.80. The molecule has 4 nitrogen and oxygen atoms in total. The van der Waals surface area contributed by atoms with E-state index in [4.69, 9.17) is 0 Å². The van der Waals surface area contributed by atoms with Gasteiger partial charge in [-0.15, -0.1) is 10.2 Å². The summed E-state index contributed by atoms with van der Waals surface area (Å²) < 4.78 is 66.2. The van der Waals surface area contributed by atoms with Crippen LogP contribution in [0.25, 0.3) is 0 Å². The zero-order valence-corrected chi connectivity index (χ0v) is 9.81. The number of halogens is 5. The molecular weight excluding hydrogens is 273 g/mol. The van der Waals surface area contributed by atoms with Gasteiger partial charge in [-0.2, -0.15) is 22.0 Å². The highest BCUT2D eigenvalue weighted by atomic mass is 19.4. The van der Waals surface area contributed by atoms with Crippen molar-refractivity contribution < 1.29 is 26.4 Å². The zero-order chi connectivity index (χ0) is 14.1. The van der Waals surface area contributed by atoms with Gasteiger partial charge in [0.1, 0.15) is 0 Å². The third-order valence-electron chi connectivity index (χ3n) is 2.67. The maximum Gasteiger partial charge on any atom is 0.463 e. The van der Waals surface area contributed by atoms with Gasteiger partial charge in [-0.1, -0.05) is 0 Å². The average molecular weight is 285 g/mol. The Morgan fingerprint density at radius 1 is 1.16 bits per heavy atom. The molecule has 1 aliphatic rings. The maximum atomic E-state index is 12.8. The van der Waals surface area contributed by atoms with Crippen LogP contribution in [-0.2, 0) is 12.3 Å². The first-order chi connectivity index (χ1) is 8.80. The molecule has 0 saturated heterocycles. The summed E-state index contributed by atoms with van der Waals surface area (Å²) in [6, 6.07) is 0.507. The number of nitrogens with one attached hydrogen (secondary N) is 1. The zero-order valence-electron chi connectivity index (χ0n) is 9.81. The van der Waals surface area contributed by atoms with Crippen LogP contribution in [0.1, 0.15) is 31.0 Å². The highest BCUT2D eigenvalue weighted by Gasteiger charge is 2.62. The quantitative estimate of drug-likeness (QED) is 0.644. The van der Waals surface area contributed by atoms with Gasteiger partial charge in [0.2, 0.25) is 5.89 Å². The van der Waals surface area contributed by atoms with Crippen LogP contribution in [0.2, 0.25) is 0 Å². The van der Waals surface area contributed by atoms with Gasteiger partial charge in [-0.3, -0.25) is 0 Å². The molecule has 1 aliphatic carbocycles. The first-order valence-electron chi connectivity index (χ1n) is 5.81. The van der Waals surface area contributed by atoms with E-state index in [1.807, 2.05) is 0 Å². The van der Waals surface area contributed by atoms with Crippen molar-refractivity contribution in [2.75, 3.05) is 6.54 Å². The molecule has 1 aromatic rings. The molecule has 1 fully saturated rings. The topological polar surface area (TPSA) is 51.0 Å².